The number of halogens is 1. The number of hydrazone groups is 1. The lowest BCUT2D eigenvalue weighted by Gasteiger charge is -2.05. The van der Waals surface area contributed by atoms with Crippen LogP contribution in [0, 0.1) is 0 Å². The average molecular weight is 392 g/mol. The van der Waals surface area contributed by atoms with Gasteiger partial charge in [0.15, 0.2) is 11.5 Å². The van der Waals surface area contributed by atoms with Crippen molar-refractivity contribution in [3.63, 3.8) is 0 Å². The van der Waals surface area contributed by atoms with Crippen LogP contribution in [0.1, 0.15) is 5.56 Å². The van der Waals surface area contributed by atoms with Crippen molar-refractivity contribution in [1.29, 1.82) is 0 Å². The van der Waals surface area contributed by atoms with Gasteiger partial charge in [-0.15, -0.1) is 0 Å². The third kappa shape index (κ3) is 4.56. The highest BCUT2D eigenvalue weighted by atomic mass is 79.9. The highest BCUT2D eigenvalue weighted by molar-refractivity contribution is 9.10. The van der Waals surface area contributed by atoms with Gasteiger partial charge in [-0.25, -0.2) is 5.43 Å². The predicted molar refractivity (Wildman–Crippen MR) is 93.2 cm³/mol. The number of para-hydroxylation sites is 1. The second-order valence-electron chi connectivity index (χ2n) is 4.56. The zero-order chi connectivity index (χ0) is 17.5. The van der Waals surface area contributed by atoms with Crippen molar-refractivity contribution in [2.24, 2.45) is 5.10 Å². The van der Waals surface area contributed by atoms with E-state index in [2.05, 4.69) is 31.8 Å². The zero-order valence-electron chi connectivity index (χ0n) is 12.6. The first kappa shape index (κ1) is 17.5. The Labute approximate surface area is 146 Å². The fourth-order valence-electron chi connectivity index (χ4n) is 1.74. The van der Waals surface area contributed by atoms with Gasteiger partial charge in [0.1, 0.15) is 0 Å². The Bertz CT molecular complexity index is 775. The Morgan fingerprint density at radius 1 is 1.17 bits per heavy atom. The molecule has 0 saturated carbocycles. The minimum atomic E-state index is -0.934. The van der Waals surface area contributed by atoms with E-state index in [-0.39, 0.29) is 11.5 Å². The van der Waals surface area contributed by atoms with E-state index in [4.69, 9.17) is 4.74 Å². The molecule has 124 valence electrons. The third-order valence-electron chi connectivity index (χ3n) is 2.93. The number of ether oxygens (including phenoxy) is 1. The van der Waals surface area contributed by atoms with Gasteiger partial charge in [0.25, 0.3) is 0 Å². The molecule has 0 fully saturated rings. The van der Waals surface area contributed by atoms with E-state index in [1.807, 2.05) is 0 Å². The monoisotopic (exact) mass is 391 g/mol. The first-order chi connectivity index (χ1) is 11.5. The van der Waals surface area contributed by atoms with Gasteiger partial charge >= 0.3 is 11.8 Å². The maximum absolute atomic E-state index is 11.7. The summed E-state index contributed by atoms with van der Waals surface area (Å²) in [4.78, 5) is 23.4. The number of rotatable bonds is 4. The molecule has 0 aromatic heterocycles. The van der Waals surface area contributed by atoms with Crippen LogP contribution in [0.5, 0.6) is 11.5 Å². The quantitative estimate of drug-likeness (QED) is 0.422. The first-order valence-corrected chi connectivity index (χ1v) is 7.56. The van der Waals surface area contributed by atoms with Gasteiger partial charge in [-0.1, -0.05) is 22.0 Å². The number of benzene rings is 2. The molecule has 3 N–H and O–H groups in total. The van der Waals surface area contributed by atoms with E-state index in [0.29, 0.717) is 11.3 Å². The molecule has 8 heteroatoms. The molecule has 0 heterocycles. The minimum Gasteiger partial charge on any atom is -0.504 e. The number of phenolic OH excluding ortho intramolecular Hbond substituents is 1. The van der Waals surface area contributed by atoms with Gasteiger partial charge in [-0.05, 0) is 36.4 Å². The van der Waals surface area contributed by atoms with Crippen molar-refractivity contribution in [3.05, 3.63) is 52.5 Å². The van der Waals surface area contributed by atoms with E-state index < -0.39 is 11.8 Å². The SMILES string of the molecule is COc1cccc(C=NNC(=O)C(=O)Nc2ccc(Br)cc2)c1O. The van der Waals surface area contributed by atoms with Gasteiger partial charge in [0, 0.05) is 15.7 Å². The third-order valence-corrected chi connectivity index (χ3v) is 3.46. The Morgan fingerprint density at radius 2 is 1.88 bits per heavy atom. The molecule has 2 aromatic rings. The van der Waals surface area contributed by atoms with Gasteiger partial charge < -0.3 is 15.2 Å². The second-order valence-corrected chi connectivity index (χ2v) is 5.47. The summed E-state index contributed by atoms with van der Waals surface area (Å²) in [6.45, 7) is 0. The standard InChI is InChI=1S/C16H14BrN3O4/c1-24-13-4-2-3-10(14(13)21)9-18-20-16(23)15(22)19-12-7-5-11(17)6-8-12/h2-9,21H,1H3,(H,19,22)(H,20,23). The number of nitrogens with zero attached hydrogens (tertiary/aromatic N) is 1. The molecule has 0 bridgehead atoms. The molecular weight excluding hydrogens is 378 g/mol. The molecule has 2 amide bonds. The maximum Gasteiger partial charge on any atom is 0.329 e. The molecule has 24 heavy (non-hydrogen) atoms. The molecule has 0 atom stereocenters. The van der Waals surface area contributed by atoms with Gasteiger partial charge in [-0.2, -0.15) is 5.10 Å². The molecule has 2 aromatic carbocycles. The van der Waals surface area contributed by atoms with Crippen molar-refractivity contribution in [3.8, 4) is 11.5 Å². The number of phenols is 1. The van der Waals surface area contributed by atoms with E-state index in [0.717, 1.165) is 4.47 Å². The minimum absolute atomic E-state index is 0.114. The molecule has 7 nitrogen and oxygen atoms in total. The van der Waals surface area contributed by atoms with Crippen LogP contribution in [-0.2, 0) is 9.59 Å². The Kier molecular flexibility index (Phi) is 5.91. The van der Waals surface area contributed by atoms with E-state index in [1.165, 1.54) is 13.3 Å². The van der Waals surface area contributed by atoms with Crippen LogP contribution in [0.4, 0.5) is 5.69 Å². The summed E-state index contributed by atoms with van der Waals surface area (Å²) in [7, 11) is 1.42. The fourth-order valence-corrected chi connectivity index (χ4v) is 2.00. The fraction of sp³-hybridized carbons (Fsp3) is 0.0625. The van der Waals surface area contributed by atoms with E-state index in [9.17, 15) is 14.7 Å². The normalized spacial score (nSPS) is 10.4. The summed E-state index contributed by atoms with van der Waals surface area (Å²) in [6, 6.07) is 11.6. The number of nitrogens with one attached hydrogen (secondary N) is 2. The van der Waals surface area contributed by atoms with Gasteiger partial charge in [-0.3, -0.25) is 9.59 Å². The molecule has 0 radical (unpaired) electrons. The Balaban J connectivity index is 1.95. The van der Waals surface area contributed by atoms with E-state index in [1.54, 1.807) is 42.5 Å². The molecular formula is C16H14BrN3O4. The number of anilines is 1. The number of carbonyl (C=O) groups is 2. The number of hydrogen-bond donors (Lipinski definition) is 3. The van der Waals surface area contributed by atoms with Crippen molar-refractivity contribution < 1.29 is 19.4 Å². The summed E-state index contributed by atoms with van der Waals surface area (Å²) in [5.74, 6) is -1.63. The number of carbonyl (C=O) groups excluding carboxylic acids is 2. The van der Waals surface area contributed by atoms with Gasteiger partial charge in [0.2, 0.25) is 0 Å². The van der Waals surface area contributed by atoms with Crippen LogP contribution in [0.3, 0.4) is 0 Å². The Morgan fingerprint density at radius 3 is 2.54 bits per heavy atom. The number of hydrogen-bond acceptors (Lipinski definition) is 5. The molecule has 0 saturated heterocycles. The van der Waals surface area contributed by atoms with Gasteiger partial charge in [0.05, 0.1) is 13.3 Å². The van der Waals surface area contributed by atoms with Crippen molar-refractivity contribution in [2.75, 3.05) is 12.4 Å². The molecule has 2 rings (SSSR count). The van der Waals surface area contributed by atoms with Crippen LogP contribution in [0.15, 0.2) is 52.0 Å². The molecule has 0 aliphatic rings. The highest BCUT2D eigenvalue weighted by Crippen LogP contribution is 2.27. The number of aromatic hydroxyl groups is 1. The number of amides is 2. The van der Waals surface area contributed by atoms with Crippen molar-refractivity contribution in [2.45, 2.75) is 0 Å². The van der Waals surface area contributed by atoms with Crippen molar-refractivity contribution >= 4 is 39.6 Å². The molecule has 0 aliphatic carbocycles. The first-order valence-electron chi connectivity index (χ1n) is 6.77. The van der Waals surface area contributed by atoms with Crippen LogP contribution in [0.25, 0.3) is 0 Å². The average Bonchev–Trinajstić information content (AvgIpc) is 2.58. The predicted octanol–water partition coefficient (Wildman–Crippen LogP) is 2.25. The highest BCUT2D eigenvalue weighted by Gasteiger charge is 2.13. The lowest BCUT2D eigenvalue weighted by molar-refractivity contribution is -0.136. The summed E-state index contributed by atoms with van der Waals surface area (Å²) in [6.07, 6.45) is 1.21. The lowest BCUT2D eigenvalue weighted by Crippen LogP contribution is -2.32. The lowest BCUT2D eigenvalue weighted by atomic mass is 10.2. The molecule has 0 spiro atoms. The van der Waals surface area contributed by atoms with Crippen LogP contribution in [0.2, 0.25) is 0 Å². The number of methoxy groups -OCH3 is 1. The smallest absolute Gasteiger partial charge is 0.329 e. The van der Waals surface area contributed by atoms with Crippen LogP contribution in [-0.4, -0.2) is 30.2 Å². The largest absolute Gasteiger partial charge is 0.504 e. The Hall–Kier alpha value is -2.87. The second kappa shape index (κ2) is 8.11. The summed E-state index contributed by atoms with van der Waals surface area (Å²) >= 11 is 3.27. The summed E-state index contributed by atoms with van der Waals surface area (Å²) in [5.41, 5.74) is 2.90. The molecule has 0 unspecified atom stereocenters. The van der Waals surface area contributed by atoms with Crippen LogP contribution >= 0.6 is 15.9 Å². The van der Waals surface area contributed by atoms with Crippen molar-refractivity contribution in [1.82, 2.24) is 5.43 Å². The summed E-state index contributed by atoms with van der Waals surface area (Å²) < 4.78 is 5.81. The topological polar surface area (TPSA) is 100 Å². The van der Waals surface area contributed by atoms with E-state index >= 15 is 0 Å². The van der Waals surface area contributed by atoms with Crippen LogP contribution < -0.4 is 15.5 Å². The summed E-state index contributed by atoms with van der Waals surface area (Å²) in [5, 5.41) is 15.9. The maximum atomic E-state index is 11.7. The zero-order valence-corrected chi connectivity index (χ0v) is 14.2. The molecule has 0 aliphatic heterocycles.